The molecule has 0 radical (unpaired) electrons. The smallest absolute Gasteiger partial charge is 0.257 e. The Balaban J connectivity index is 1.98. The molecule has 2 N–H and O–H groups in total. The lowest BCUT2D eigenvalue weighted by molar-refractivity contribution is -0.122. The van der Waals surface area contributed by atoms with E-state index in [4.69, 9.17) is 9.47 Å². The van der Waals surface area contributed by atoms with E-state index >= 15 is 0 Å². The molecular weight excluding hydrogens is 232 g/mol. The first kappa shape index (κ1) is 12.7. The monoisotopic (exact) mass is 250 g/mol. The van der Waals surface area contributed by atoms with Gasteiger partial charge in [0.15, 0.2) is 6.61 Å². The van der Waals surface area contributed by atoms with Crippen LogP contribution in [-0.2, 0) is 4.79 Å². The molecule has 0 saturated carbocycles. The average molecular weight is 250 g/mol. The van der Waals surface area contributed by atoms with Crippen molar-refractivity contribution in [1.82, 2.24) is 10.6 Å². The molecular formula is C13H18N2O3. The van der Waals surface area contributed by atoms with Crippen molar-refractivity contribution in [2.24, 2.45) is 0 Å². The SMILES string of the molecule is CCNC(=O)COc1ccc2c(c1)OCC2NC. The van der Waals surface area contributed by atoms with E-state index in [2.05, 4.69) is 10.6 Å². The number of carbonyl (C=O) groups excluding carboxylic acids is 1. The van der Waals surface area contributed by atoms with E-state index in [9.17, 15) is 4.79 Å². The first-order valence-electron chi connectivity index (χ1n) is 6.08. The normalized spacial score (nSPS) is 16.9. The van der Waals surface area contributed by atoms with Crippen LogP contribution in [0.25, 0.3) is 0 Å². The van der Waals surface area contributed by atoms with Crippen LogP contribution in [0, 0.1) is 0 Å². The largest absolute Gasteiger partial charge is 0.491 e. The van der Waals surface area contributed by atoms with Crippen molar-refractivity contribution in [3.8, 4) is 11.5 Å². The Hall–Kier alpha value is -1.75. The lowest BCUT2D eigenvalue weighted by Crippen LogP contribution is -2.28. The third-order valence-corrected chi connectivity index (χ3v) is 2.86. The second-order valence-corrected chi connectivity index (χ2v) is 4.09. The fourth-order valence-electron chi connectivity index (χ4n) is 1.92. The minimum atomic E-state index is -0.119. The standard InChI is InChI=1S/C13H18N2O3/c1-3-15-13(16)8-17-9-4-5-10-11(14-2)7-18-12(10)6-9/h4-6,11,14H,3,7-8H2,1-2H3,(H,15,16). The van der Waals surface area contributed by atoms with E-state index in [1.54, 1.807) is 0 Å². The molecule has 18 heavy (non-hydrogen) atoms. The highest BCUT2D eigenvalue weighted by atomic mass is 16.5. The molecule has 1 aliphatic rings. The molecule has 0 bridgehead atoms. The van der Waals surface area contributed by atoms with Gasteiger partial charge in [-0.1, -0.05) is 0 Å². The van der Waals surface area contributed by atoms with E-state index in [0.717, 1.165) is 11.3 Å². The van der Waals surface area contributed by atoms with Gasteiger partial charge in [-0.05, 0) is 26.1 Å². The van der Waals surface area contributed by atoms with Gasteiger partial charge in [-0.2, -0.15) is 0 Å². The fraction of sp³-hybridized carbons (Fsp3) is 0.462. The van der Waals surface area contributed by atoms with Gasteiger partial charge in [0.1, 0.15) is 18.1 Å². The topological polar surface area (TPSA) is 59.6 Å². The molecule has 1 aromatic carbocycles. The van der Waals surface area contributed by atoms with Gasteiger partial charge < -0.3 is 20.1 Å². The van der Waals surface area contributed by atoms with Gasteiger partial charge in [0.25, 0.3) is 5.91 Å². The van der Waals surface area contributed by atoms with E-state index in [-0.39, 0.29) is 18.6 Å². The van der Waals surface area contributed by atoms with Crippen LogP contribution in [0.2, 0.25) is 0 Å². The number of ether oxygens (including phenoxy) is 2. The van der Waals surface area contributed by atoms with Crippen LogP contribution in [-0.4, -0.2) is 32.7 Å². The zero-order valence-corrected chi connectivity index (χ0v) is 10.7. The second-order valence-electron chi connectivity index (χ2n) is 4.09. The minimum Gasteiger partial charge on any atom is -0.491 e. The summed E-state index contributed by atoms with van der Waals surface area (Å²) >= 11 is 0. The van der Waals surface area contributed by atoms with Crippen LogP contribution in [0.4, 0.5) is 0 Å². The molecule has 98 valence electrons. The highest BCUT2D eigenvalue weighted by Crippen LogP contribution is 2.34. The van der Waals surface area contributed by atoms with Crippen molar-refractivity contribution in [2.45, 2.75) is 13.0 Å². The fourth-order valence-corrected chi connectivity index (χ4v) is 1.92. The van der Waals surface area contributed by atoms with E-state index < -0.39 is 0 Å². The van der Waals surface area contributed by atoms with Crippen LogP contribution < -0.4 is 20.1 Å². The zero-order valence-electron chi connectivity index (χ0n) is 10.7. The number of hydrogen-bond acceptors (Lipinski definition) is 4. The number of benzene rings is 1. The summed E-state index contributed by atoms with van der Waals surface area (Å²) < 4.78 is 11.0. The highest BCUT2D eigenvalue weighted by molar-refractivity contribution is 5.77. The summed E-state index contributed by atoms with van der Waals surface area (Å²) in [5.41, 5.74) is 1.13. The maximum absolute atomic E-state index is 11.3. The molecule has 0 saturated heterocycles. The molecule has 1 aromatic rings. The molecule has 5 heteroatoms. The van der Waals surface area contributed by atoms with Crippen molar-refractivity contribution in [3.05, 3.63) is 23.8 Å². The van der Waals surface area contributed by atoms with E-state index in [1.807, 2.05) is 32.2 Å². The second kappa shape index (κ2) is 5.73. The lowest BCUT2D eigenvalue weighted by atomic mass is 10.1. The van der Waals surface area contributed by atoms with Crippen molar-refractivity contribution in [2.75, 3.05) is 26.8 Å². The molecule has 1 atom stereocenters. The Labute approximate surface area is 106 Å². The summed E-state index contributed by atoms with van der Waals surface area (Å²) in [7, 11) is 1.91. The first-order valence-corrected chi connectivity index (χ1v) is 6.08. The number of hydrogen-bond donors (Lipinski definition) is 2. The first-order chi connectivity index (χ1) is 8.74. The molecule has 5 nitrogen and oxygen atoms in total. The Morgan fingerprint density at radius 3 is 3.11 bits per heavy atom. The number of likely N-dealkylation sites (N-methyl/N-ethyl adjacent to an activating group) is 2. The summed E-state index contributed by atoms with van der Waals surface area (Å²) in [5, 5.41) is 5.86. The van der Waals surface area contributed by atoms with E-state index in [0.29, 0.717) is 18.9 Å². The Bertz CT molecular complexity index is 434. The number of fused-ring (bicyclic) bond motifs is 1. The van der Waals surface area contributed by atoms with Crippen molar-refractivity contribution in [3.63, 3.8) is 0 Å². The average Bonchev–Trinajstić information content (AvgIpc) is 2.79. The minimum absolute atomic E-state index is 0.0298. The highest BCUT2D eigenvalue weighted by Gasteiger charge is 2.22. The predicted molar refractivity (Wildman–Crippen MR) is 67.9 cm³/mol. The molecule has 1 heterocycles. The van der Waals surface area contributed by atoms with Crippen molar-refractivity contribution in [1.29, 1.82) is 0 Å². The molecule has 0 aliphatic carbocycles. The molecule has 0 fully saturated rings. The number of carbonyl (C=O) groups is 1. The van der Waals surface area contributed by atoms with E-state index in [1.165, 1.54) is 0 Å². The Morgan fingerprint density at radius 1 is 1.56 bits per heavy atom. The summed E-state index contributed by atoms with van der Waals surface area (Å²) in [6.45, 7) is 3.14. The van der Waals surface area contributed by atoms with Gasteiger partial charge in [0, 0.05) is 18.2 Å². The number of amides is 1. The lowest BCUT2D eigenvalue weighted by Gasteiger charge is -2.08. The van der Waals surface area contributed by atoms with Crippen LogP contribution in [0.1, 0.15) is 18.5 Å². The summed E-state index contributed by atoms with van der Waals surface area (Å²) in [6.07, 6.45) is 0. The Kier molecular flexibility index (Phi) is 4.04. The van der Waals surface area contributed by atoms with Crippen LogP contribution >= 0.6 is 0 Å². The maximum atomic E-state index is 11.3. The summed E-state index contributed by atoms with van der Waals surface area (Å²) in [6, 6.07) is 5.89. The van der Waals surface area contributed by atoms with Crippen molar-refractivity contribution >= 4 is 5.91 Å². The quantitative estimate of drug-likeness (QED) is 0.813. The van der Waals surface area contributed by atoms with Crippen molar-refractivity contribution < 1.29 is 14.3 Å². The number of nitrogens with one attached hydrogen (secondary N) is 2. The molecule has 1 amide bonds. The van der Waals surface area contributed by atoms with Crippen LogP contribution in [0.3, 0.4) is 0 Å². The van der Waals surface area contributed by atoms with Gasteiger partial charge in [-0.15, -0.1) is 0 Å². The van der Waals surface area contributed by atoms with Gasteiger partial charge in [0.05, 0.1) is 6.04 Å². The third-order valence-electron chi connectivity index (χ3n) is 2.86. The third kappa shape index (κ3) is 2.73. The molecule has 1 aliphatic heterocycles. The summed E-state index contributed by atoms with van der Waals surface area (Å²) in [4.78, 5) is 11.3. The van der Waals surface area contributed by atoms with Crippen LogP contribution in [0.5, 0.6) is 11.5 Å². The van der Waals surface area contributed by atoms with Gasteiger partial charge in [-0.3, -0.25) is 4.79 Å². The molecule has 0 aromatic heterocycles. The molecule has 2 rings (SSSR count). The van der Waals surface area contributed by atoms with Crippen LogP contribution in [0.15, 0.2) is 18.2 Å². The molecule has 1 unspecified atom stereocenters. The van der Waals surface area contributed by atoms with Gasteiger partial charge >= 0.3 is 0 Å². The number of rotatable bonds is 5. The Morgan fingerprint density at radius 2 is 2.39 bits per heavy atom. The molecule has 0 spiro atoms. The zero-order chi connectivity index (χ0) is 13.0. The van der Waals surface area contributed by atoms with Gasteiger partial charge in [-0.25, -0.2) is 0 Å². The predicted octanol–water partition coefficient (Wildman–Crippen LogP) is 0.854. The summed E-state index contributed by atoms with van der Waals surface area (Å²) in [5.74, 6) is 1.35. The maximum Gasteiger partial charge on any atom is 0.257 e. The van der Waals surface area contributed by atoms with Gasteiger partial charge in [0.2, 0.25) is 0 Å².